The van der Waals surface area contributed by atoms with E-state index in [-0.39, 0.29) is 55.2 Å². The fraction of sp³-hybridized carbons (Fsp3) is 0.457. The highest BCUT2D eigenvalue weighted by Gasteiger charge is 2.26. The number of halogens is 3. The summed E-state index contributed by atoms with van der Waals surface area (Å²) in [6.45, 7) is 9.19. The van der Waals surface area contributed by atoms with E-state index in [2.05, 4.69) is 48.6 Å². The third kappa shape index (κ3) is 10.0. The van der Waals surface area contributed by atoms with Crippen LogP contribution >= 0.6 is 0 Å². The van der Waals surface area contributed by atoms with E-state index in [0.717, 1.165) is 6.20 Å². The van der Waals surface area contributed by atoms with Gasteiger partial charge in [-0.3, -0.25) is 9.78 Å². The maximum absolute atomic E-state index is 15.0. The molecule has 1 aromatic heterocycles. The predicted molar refractivity (Wildman–Crippen MR) is 170 cm³/mol. The first-order valence-corrected chi connectivity index (χ1v) is 15.7. The molecule has 2 amide bonds. The third-order valence-electron chi connectivity index (χ3n) is 8.23. The summed E-state index contributed by atoms with van der Waals surface area (Å²) >= 11 is 0. The van der Waals surface area contributed by atoms with Crippen LogP contribution in [-0.2, 0) is 20.7 Å². The SMILES string of the molecule is CC(C)C(NC(=O)OCC1CO[C@H](CCc2c(F)cncc2NC(=O)CC(c2ccc(F)cc2)c2ccc(F)cc2)CN1)C(C)C. The molecule has 1 fully saturated rings. The minimum Gasteiger partial charge on any atom is -0.448 e. The van der Waals surface area contributed by atoms with Gasteiger partial charge >= 0.3 is 6.09 Å². The molecule has 2 heterocycles. The number of morpholine rings is 1. The Kier molecular flexibility index (Phi) is 12.6. The maximum Gasteiger partial charge on any atom is 0.407 e. The summed E-state index contributed by atoms with van der Waals surface area (Å²) in [6, 6.07) is 11.4. The summed E-state index contributed by atoms with van der Waals surface area (Å²) in [6.07, 6.45) is 2.55. The molecule has 1 aliphatic rings. The number of carbonyl (C=O) groups excluding carboxylic acids is 2. The van der Waals surface area contributed by atoms with Gasteiger partial charge in [0.15, 0.2) is 0 Å². The predicted octanol–water partition coefficient (Wildman–Crippen LogP) is 6.36. The Hall–Kier alpha value is -3.96. The first-order chi connectivity index (χ1) is 22.0. The summed E-state index contributed by atoms with van der Waals surface area (Å²) in [5.41, 5.74) is 1.92. The van der Waals surface area contributed by atoms with Crippen molar-refractivity contribution in [2.24, 2.45) is 11.8 Å². The average Bonchev–Trinajstić information content (AvgIpc) is 3.02. The van der Waals surface area contributed by atoms with E-state index in [1.54, 1.807) is 24.3 Å². The van der Waals surface area contributed by atoms with E-state index in [4.69, 9.17) is 9.47 Å². The lowest BCUT2D eigenvalue weighted by Crippen LogP contribution is -2.50. The molecular formula is C35H43F3N4O4. The number of nitrogens with one attached hydrogen (secondary N) is 3. The number of pyridine rings is 1. The van der Waals surface area contributed by atoms with Gasteiger partial charge in [-0.2, -0.15) is 0 Å². The maximum atomic E-state index is 15.0. The molecule has 248 valence electrons. The van der Waals surface area contributed by atoms with Crippen LogP contribution in [0.5, 0.6) is 0 Å². The summed E-state index contributed by atoms with van der Waals surface area (Å²) in [7, 11) is 0. The van der Waals surface area contributed by atoms with Gasteiger partial charge in [0.25, 0.3) is 0 Å². The number of hydrogen-bond donors (Lipinski definition) is 3. The lowest BCUT2D eigenvalue weighted by Gasteiger charge is -2.31. The third-order valence-corrected chi connectivity index (χ3v) is 8.23. The zero-order chi connectivity index (χ0) is 33.2. The molecular weight excluding hydrogens is 597 g/mol. The number of nitrogens with zero attached hydrogens (tertiary/aromatic N) is 1. The van der Waals surface area contributed by atoms with Crippen molar-refractivity contribution in [1.29, 1.82) is 0 Å². The number of aromatic nitrogens is 1. The van der Waals surface area contributed by atoms with Crippen molar-refractivity contribution in [2.75, 3.05) is 25.1 Å². The number of rotatable bonds is 13. The number of alkyl carbamates (subject to hydrolysis) is 1. The number of benzene rings is 2. The Morgan fingerprint density at radius 3 is 2.11 bits per heavy atom. The number of amides is 2. The smallest absolute Gasteiger partial charge is 0.407 e. The van der Waals surface area contributed by atoms with E-state index in [0.29, 0.717) is 36.3 Å². The number of hydrogen-bond acceptors (Lipinski definition) is 6. The van der Waals surface area contributed by atoms with Crippen molar-refractivity contribution in [1.82, 2.24) is 15.6 Å². The molecule has 0 radical (unpaired) electrons. The van der Waals surface area contributed by atoms with Gasteiger partial charge in [0.1, 0.15) is 24.1 Å². The number of carbonyl (C=O) groups is 2. The van der Waals surface area contributed by atoms with E-state index >= 15 is 0 Å². The van der Waals surface area contributed by atoms with E-state index < -0.39 is 35.4 Å². The van der Waals surface area contributed by atoms with Gasteiger partial charge < -0.3 is 25.4 Å². The van der Waals surface area contributed by atoms with Crippen molar-refractivity contribution >= 4 is 17.7 Å². The van der Waals surface area contributed by atoms with Crippen LogP contribution in [0.1, 0.15) is 63.1 Å². The van der Waals surface area contributed by atoms with Gasteiger partial charge in [0, 0.05) is 30.5 Å². The van der Waals surface area contributed by atoms with Crippen LogP contribution in [0.25, 0.3) is 0 Å². The quantitative estimate of drug-likeness (QED) is 0.201. The first kappa shape index (κ1) is 34.9. The van der Waals surface area contributed by atoms with Gasteiger partial charge in [-0.05, 0) is 60.1 Å². The summed E-state index contributed by atoms with van der Waals surface area (Å²) in [5.74, 6) is -1.69. The average molecular weight is 641 g/mol. The van der Waals surface area contributed by atoms with Crippen LogP contribution in [-0.4, -0.2) is 54.9 Å². The molecule has 0 bridgehead atoms. The Bertz CT molecular complexity index is 1380. The van der Waals surface area contributed by atoms with E-state index in [9.17, 15) is 22.8 Å². The molecule has 1 unspecified atom stereocenters. The zero-order valence-corrected chi connectivity index (χ0v) is 26.7. The Morgan fingerprint density at radius 1 is 0.957 bits per heavy atom. The van der Waals surface area contributed by atoms with Gasteiger partial charge in [0.2, 0.25) is 5.91 Å². The normalized spacial score (nSPS) is 16.7. The molecule has 2 aromatic carbocycles. The van der Waals surface area contributed by atoms with Crippen LogP contribution in [0.2, 0.25) is 0 Å². The molecule has 3 N–H and O–H groups in total. The monoisotopic (exact) mass is 640 g/mol. The second-order valence-corrected chi connectivity index (χ2v) is 12.4. The van der Waals surface area contributed by atoms with Crippen molar-refractivity contribution in [2.45, 2.75) is 71.1 Å². The van der Waals surface area contributed by atoms with Crippen LogP contribution in [0.15, 0.2) is 60.9 Å². The largest absolute Gasteiger partial charge is 0.448 e. The topological polar surface area (TPSA) is 102 Å². The molecule has 1 aliphatic heterocycles. The molecule has 46 heavy (non-hydrogen) atoms. The highest BCUT2D eigenvalue weighted by molar-refractivity contribution is 5.92. The first-order valence-electron chi connectivity index (χ1n) is 15.7. The van der Waals surface area contributed by atoms with Crippen LogP contribution in [0, 0.1) is 29.3 Å². The second-order valence-electron chi connectivity index (χ2n) is 12.4. The highest BCUT2D eigenvalue weighted by Crippen LogP contribution is 2.30. The molecule has 0 saturated carbocycles. The summed E-state index contributed by atoms with van der Waals surface area (Å²) in [4.78, 5) is 29.5. The molecule has 0 spiro atoms. The summed E-state index contributed by atoms with van der Waals surface area (Å²) in [5, 5.41) is 9.05. The van der Waals surface area contributed by atoms with Gasteiger partial charge in [0.05, 0.1) is 36.8 Å². The van der Waals surface area contributed by atoms with Crippen LogP contribution in [0.3, 0.4) is 0 Å². The van der Waals surface area contributed by atoms with Gasteiger partial charge in [-0.25, -0.2) is 18.0 Å². The molecule has 0 aliphatic carbocycles. The molecule has 11 heteroatoms. The van der Waals surface area contributed by atoms with Gasteiger partial charge in [-0.1, -0.05) is 52.0 Å². The lowest BCUT2D eigenvalue weighted by molar-refractivity contribution is -0.116. The van der Waals surface area contributed by atoms with Crippen molar-refractivity contribution < 1.29 is 32.2 Å². The molecule has 1 saturated heterocycles. The Labute approximate surface area is 268 Å². The second kappa shape index (κ2) is 16.6. The fourth-order valence-corrected chi connectivity index (χ4v) is 5.75. The Balaban J connectivity index is 1.31. The minimum atomic E-state index is -0.548. The van der Waals surface area contributed by atoms with Crippen molar-refractivity contribution in [3.05, 3.63) is 95.1 Å². The van der Waals surface area contributed by atoms with E-state index in [1.807, 2.05) is 0 Å². The summed E-state index contributed by atoms with van der Waals surface area (Å²) < 4.78 is 53.6. The number of anilines is 1. The van der Waals surface area contributed by atoms with E-state index in [1.165, 1.54) is 30.5 Å². The van der Waals surface area contributed by atoms with Crippen LogP contribution in [0.4, 0.5) is 23.7 Å². The van der Waals surface area contributed by atoms with Crippen molar-refractivity contribution in [3.8, 4) is 0 Å². The number of ether oxygens (including phenoxy) is 2. The molecule has 4 rings (SSSR count). The molecule has 2 atom stereocenters. The zero-order valence-electron chi connectivity index (χ0n) is 26.7. The Morgan fingerprint density at radius 2 is 1.57 bits per heavy atom. The fourth-order valence-electron chi connectivity index (χ4n) is 5.75. The van der Waals surface area contributed by atoms with Crippen LogP contribution < -0.4 is 16.0 Å². The lowest BCUT2D eigenvalue weighted by atomic mass is 9.88. The standard InChI is InChI=1S/C35H43F3N4O4/c1-21(2)34(22(3)4)42-35(44)46-20-27-19-45-28(16-40-27)13-14-29-31(38)17-39-18-32(29)41-33(43)15-30(23-5-9-25(36)10-6-23)24-7-11-26(37)12-8-24/h5-12,17-18,21-22,27-28,30,34,40H,13-16,19-20H2,1-4H3,(H,41,43)(H,42,44)/t27?,28-/m1/s1. The van der Waals surface area contributed by atoms with Gasteiger partial charge in [-0.15, -0.1) is 0 Å². The molecule has 3 aromatic rings. The highest BCUT2D eigenvalue weighted by atomic mass is 19.1. The minimum absolute atomic E-state index is 0.0155. The molecule has 8 nitrogen and oxygen atoms in total. The van der Waals surface area contributed by atoms with Crippen molar-refractivity contribution in [3.63, 3.8) is 0 Å².